The number of carbonyl (C=O) groups excluding carboxylic acids is 1. The second-order valence-electron chi connectivity index (χ2n) is 5.47. The summed E-state index contributed by atoms with van der Waals surface area (Å²) in [6, 6.07) is 3.99. The van der Waals surface area contributed by atoms with E-state index in [0.717, 1.165) is 40.9 Å². The Hall–Kier alpha value is -1.53. The summed E-state index contributed by atoms with van der Waals surface area (Å²) in [5.41, 5.74) is 2.10. The fraction of sp³-hybridized carbons (Fsp3) is 0.375. The van der Waals surface area contributed by atoms with E-state index in [2.05, 4.69) is 14.9 Å². The lowest BCUT2D eigenvalue weighted by atomic mass is 9.95. The van der Waals surface area contributed by atoms with Crippen LogP contribution in [0.5, 0.6) is 0 Å². The number of amidine groups is 1. The van der Waals surface area contributed by atoms with Crippen molar-refractivity contribution < 1.29 is 4.79 Å². The highest BCUT2D eigenvalue weighted by Crippen LogP contribution is 2.37. The second kappa shape index (κ2) is 5.93. The minimum atomic E-state index is -0.00347. The summed E-state index contributed by atoms with van der Waals surface area (Å²) >= 11 is 3.38. The van der Waals surface area contributed by atoms with Gasteiger partial charge in [0.25, 0.3) is 5.91 Å². The number of amides is 1. The predicted molar refractivity (Wildman–Crippen MR) is 92.5 cm³/mol. The number of thioether (sulfide) groups is 1. The summed E-state index contributed by atoms with van der Waals surface area (Å²) in [6.07, 6.45) is 8.52. The van der Waals surface area contributed by atoms with E-state index in [-0.39, 0.29) is 5.91 Å². The molecule has 2 aromatic heterocycles. The molecule has 3 heterocycles. The molecule has 1 N–H and O–H groups in total. The smallest absolute Gasteiger partial charge is 0.260 e. The summed E-state index contributed by atoms with van der Waals surface area (Å²) in [5.74, 6) is 0.957. The summed E-state index contributed by atoms with van der Waals surface area (Å²) in [5, 5.41) is 4.80. The van der Waals surface area contributed by atoms with Crippen molar-refractivity contribution in [1.29, 1.82) is 0 Å². The first-order chi connectivity index (χ1) is 10.8. The van der Waals surface area contributed by atoms with Crippen LogP contribution in [0.4, 0.5) is 0 Å². The molecule has 4 nitrogen and oxygen atoms in total. The van der Waals surface area contributed by atoms with Gasteiger partial charge in [-0.15, -0.1) is 11.3 Å². The molecule has 0 saturated carbocycles. The average molecular weight is 331 g/mol. The first kappa shape index (κ1) is 14.1. The number of rotatable bonds is 2. The van der Waals surface area contributed by atoms with Crippen LogP contribution in [0, 0.1) is 0 Å². The summed E-state index contributed by atoms with van der Waals surface area (Å²) in [4.78, 5) is 18.5. The fourth-order valence-electron chi connectivity index (χ4n) is 3.01. The zero-order chi connectivity index (χ0) is 14.9. The van der Waals surface area contributed by atoms with Crippen LogP contribution in [0.25, 0.3) is 5.00 Å². The summed E-state index contributed by atoms with van der Waals surface area (Å²) in [6.45, 7) is 0.798. The first-order valence-corrected chi connectivity index (χ1v) is 9.39. The van der Waals surface area contributed by atoms with Gasteiger partial charge in [-0.05, 0) is 43.4 Å². The Morgan fingerprint density at radius 2 is 2.05 bits per heavy atom. The van der Waals surface area contributed by atoms with E-state index >= 15 is 0 Å². The maximum absolute atomic E-state index is 12.8. The Morgan fingerprint density at radius 1 is 1.23 bits per heavy atom. The third-order valence-corrected chi connectivity index (χ3v) is 6.22. The zero-order valence-electron chi connectivity index (χ0n) is 12.2. The molecule has 2 aromatic rings. The highest BCUT2D eigenvalue weighted by Gasteiger charge is 2.27. The Morgan fingerprint density at radius 3 is 2.82 bits per heavy atom. The highest BCUT2D eigenvalue weighted by atomic mass is 32.2. The topological polar surface area (TPSA) is 46.4 Å². The Labute approximate surface area is 137 Å². The van der Waals surface area contributed by atoms with Crippen LogP contribution in [0.2, 0.25) is 0 Å². The van der Waals surface area contributed by atoms with Crippen LogP contribution in [-0.4, -0.2) is 27.9 Å². The van der Waals surface area contributed by atoms with Crippen LogP contribution in [0.15, 0.2) is 29.5 Å². The largest absolute Gasteiger partial charge is 0.315 e. The monoisotopic (exact) mass is 331 g/mol. The molecule has 1 aliphatic heterocycles. The van der Waals surface area contributed by atoms with Gasteiger partial charge in [-0.3, -0.25) is 9.79 Å². The van der Waals surface area contributed by atoms with Crippen molar-refractivity contribution in [3.05, 3.63) is 40.5 Å². The van der Waals surface area contributed by atoms with Gasteiger partial charge in [0.05, 0.1) is 12.1 Å². The van der Waals surface area contributed by atoms with Gasteiger partial charge in [0, 0.05) is 23.0 Å². The molecule has 0 saturated heterocycles. The third kappa shape index (κ3) is 2.50. The molecule has 0 unspecified atom stereocenters. The van der Waals surface area contributed by atoms with Crippen molar-refractivity contribution in [2.45, 2.75) is 25.7 Å². The van der Waals surface area contributed by atoms with E-state index in [1.807, 2.05) is 24.5 Å². The van der Waals surface area contributed by atoms with E-state index in [4.69, 9.17) is 0 Å². The van der Waals surface area contributed by atoms with Gasteiger partial charge in [-0.1, -0.05) is 11.8 Å². The van der Waals surface area contributed by atoms with Gasteiger partial charge in [-0.2, -0.15) is 0 Å². The van der Waals surface area contributed by atoms with Gasteiger partial charge in [0.2, 0.25) is 0 Å². The molecule has 2 aliphatic rings. The SMILES string of the molecule is O=C(NC1=NCCS1)c1c(-n2cccc2)sc2c1CCCC2. The van der Waals surface area contributed by atoms with Crippen LogP contribution < -0.4 is 5.32 Å². The fourth-order valence-corrected chi connectivity index (χ4v) is 5.08. The predicted octanol–water partition coefficient (Wildman–Crippen LogP) is 3.25. The number of hydrogen-bond donors (Lipinski definition) is 1. The van der Waals surface area contributed by atoms with Gasteiger partial charge in [0.15, 0.2) is 5.17 Å². The molecule has 0 fully saturated rings. The molecule has 4 rings (SSSR count). The Balaban J connectivity index is 1.75. The number of carbonyl (C=O) groups is 1. The molecule has 0 radical (unpaired) electrons. The summed E-state index contributed by atoms with van der Waals surface area (Å²) < 4.78 is 2.06. The highest BCUT2D eigenvalue weighted by molar-refractivity contribution is 8.14. The molecule has 0 spiro atoms. The molecule has 0 aromatic carbocycles. The number of aliphatic imine (C=N–C) groups is 1. The Kier molecular flexibility index (Phi) is 3.80. The number of nitrogens with zero attached hydrogens (tertiary/aromatic N) is 2. The van der Waals surface area contributed by atoms with E-state index in [0.29, 0.717) is 0 Å². The van der Waals surface area contributed by atoms with Gasteiger partial charge in [0.1, 0.15) is 5.00 Å². The second-order valence-corrected chi connectivity index (χ2v) is 7.64. The van der Waals surface area contributed by atoms with Crippen LogP contribution in [0.3, 0.4) is 0 Å². The maximum Gasteiger partial charge on any atom is 0.260 e. The molecule has 1 aliphatic carbocycles. The lowest BCUT2D eigenvalue weighted by Gasteiger charge is -2.13. The average Bonchev–Trinajstić information content (AvgIpc) is 3.26. The quantitative estimate of drug-likeness (QED) is 0.918. The lowest BCUT2D eigenvalue weighted by Crippen LogP contribution is -2.29. The molecule has 22 heavy (non-hydrogen) atoms. The van der Waals surface area contributed by atoms with Gasteiger partial charge >= 0.3 is 0 Å². The summed E-state index contributed by atoms with van der Waals surface area (Å²) in [7, 11) is 0. The number of hydrogen-bond acceptors (Lipinski definition) is 4. The van der Waals surface area contributed by atoms with E-state index in [1.165, 1.54) is 23.3 Å². The number of aromatic nitrogens is 1. The molecule has 0 atom stereocenters. The molecule has 114 valence electrons. The molecular weight excluding hydrogens is 314 g/mol. The molecule has 0 bridgehead atoms. The normalized spacial score (nSPS) is 17.2. The van der Waals surface area contributed by atoms with Crippen molar-refractivity contribution >= 4 is 34.2 Å². The number of fused-ring (bicyclic) bond motifs is 1. The van der Waals surface area contributed by atoms with Crippen LogP contribution >= 0.6 is 23.1 Å². The minimum Gasteiger partial charge on any atom is -0.315 e. The first-order valence-electron chi connectivity index (χ1n) is 7.59. The van der Waals surface area contributed by atoms with Crippen LogP contribution in [0.1, 0.15) is 33.6 Å². The van der Waals surface area contributed by atoms with E-state index in [1.54, 1.807) is 23.1 Å². The van der Waals surface area contributed by atoms with Crippen molar-refractivity contribution in [1.82, 2.24) is 9.88 Å². The van der Waals surface area contributed by atoms with Crippen molar-refractivity contribution in [2.24, 2.45) is 4.99 Å². The van der Waals surface area contributed by atoms with Crippen molar-refractivity contribution in [2.75, 3.05) is 12.3 Å². The van der Waals surface area contributed by atoms with E-state index < -0.39 is 0 Å². The van der Waals surface area contributed by atoms with E-state index in [9.17, 15) is 4.79 Å². The van der Waals surface area contributed by atoms with Gasteiger partial charge < -0.3 is 9.88 Å². The van der Waals surface area contributed by atoms with Crippen molar-refractivity contribution in [3.63, 3.8) is 0 Å². The third-order valence-electron chi connectivity index (χ3n) is 4.02. The van der Waals surface area contributed by atoms with Gasteiger partial charge in [-0.25, -0.2) is 0 Å². The maximum atomic E-state index is 12.8. The lowest BCUT2D eigenvalue weighted by molar-refractivity contribution is 0.0977. The molecular formula is C16H17N3OS2. The number of thiophene rings is 1. The number of aryl methyl sites for hydroxylation is 1. The standard InChI is InChI=1S/C16H17N3OS2/c20-14(18-16-17-7-10-21-16)13-11-5-1-2-6-12(11)22-15(13)19-8-3-4-9-19/h3-4,8-9H,1-2,5-7,10H2,(H,17,18,20). The molecule has 1 amide bonds. The minimum absolute atomic E-state index is 0.00347. The van der Waals surface area contributed by atoms with Crippen LogP contribution in [-0.2, 0) is 12.8 Å². The number of nitrogens with one attached hydrogen (secondary N) is 1. The zero-order valence-corrected chi connectivity index (χ0v) is 13.8. The molecule has 6 heteroatoms. The Bertz CT molecular complexity index is 731. The van der Waals surface area contributed by atoms with Crippen molar-refractivity contribution in [3.8, 4) is 5.00 Å².